The second-order valence-electron chi connectivity index (χ2n) is 6.84. The lowest BCUT2D eigenvalue weighted by molar-refractivity contribution is -0.135. The lowest BCUT2D eigenvalue weighted by Gasteiger charge is -2.33. The number of rotatable bonds is 5. The predicted octanol–water partition coefficient (Wildman–Crippen LogP) is 2.97. The average Bonchev–Trinajstić information content (AvgIpc) is 3.08. The van der Waals surface area contributed by atoms with E-state index in [1.807, 2.05) is 23.1 Å². The van der Waals surface area contributed by atoms with Crippen LogP contribution in [0.3, 0.4) is 0 Å². The lowest BCUT2D eigenvalue weighted by atomic mass is 10.1. The van der Waals surface area contributed by atoms with E-state index >= 15 is 0 Å². The van der Waals surface area contributed by atoms with Gasteiger partial charge >= 0.3 is 0 Å². The third kappa shape index (κ3) is 3.35. The Bertz CT molecular complexity index is 776. The maximum Gasteiger partial charge on any atom is 0.261 e. The maximum absolute atomic E-state index is 12.7. The smallest absolute Gasteiger partial charge is 0.261 e. The van der Waals surface area contributed by atoms with Crippen molar-refractivity contribution < 1.29 is 4.79 Å². The van der Waals surface area contributed by atoms with Crippen LogP contribution in [0.15, 0.2) is 35.4 Å². The Hall–Kier alpha value is -2.17. The van der Waals surface area contributed by atoms with E-state index in [1.54, 1.807) is 17.0 Å². The van der Waals surface area contributed by atoms with Crippen molar-refractivity contribution in [3.8, 4) is 0 Å². The van der Waals surface area contributed by atoms with Crippen LogP contribution < -0.4 is 5.56 Å². The third-order valence-electron chi connectivity index (χ3n) is 4.86. The second-order valence-corrected chi connectivity index (χ2v) is 6.84. The van der Waals surface area contributed by atoms with Gasteiger partial charge in [0.2, 0.25) is 5.91 Å². The van der Waals surface area contributed by atoms with Gasteiger partial charge in [-0.1, -0.05) is 25.0 Å². The number of benzene rings is 1. The molecule has 1 aromatic carbocycles. The van der Waals surface area contributed by atoms with E-state index in [4.69, 9.17) is 0 Å². The van der Waals surface area contributed by atoms with Crippen LogP contribution in [0, 0.1) is 0 Å². The van der Waals surface area contributed by atoms with Gasteiger partial charge in [-0.05, 0) is 38.8 Å². The summed E-state index contributed by atoms with van der Waals surface area (Å²) in [6.45, 7) is 4.52. The number of aromatic nitrogens is 2. The molecule has 1 fully saturated rings. The molecule has 1 aliphatic carbocycles. The number of carbonyl (C=O) groups excluding carboxylic acids is 1. The number of fused-ring (bicyclic) bond motifs is 1. The molecule has 1 aliphatic rings. The molecule has 0 saturated heterocycles. The van der Waals surface area contributed by atoms with Crippen LogP contribution in [0.5, 0.6) is 0 Å². The van der Waals surface area contributed by atoms with Crippen molar-refractivity contribution in [2.24, 2.45) is 0 Å². The van der Waals surface area contributed by atoms with Crippen molar-refractivity contribution in [2.45, 2.75) is 64.6 Å². The van der Waals surface area contributed by atoms with E-state index in [-0.39, 0.29) is 17.5 Å². The highest BCUT2D eigenvalue weighted by molar-refractivity contribution is 5.78. The highest BCUT2D eigenvalue weighted by Crippen LogP contribution is 2.25. The number of nitrogens with zero attached hydrogens (tertiary/aromatic N) is 3. The molecule has 1 aromatic heterocycles. The van der Waals surface area contributed by atoms with Crippen LogP contribution in [0.2, 0.25) is 0 Å². The SMILES string of the molecule is CC(C)N(C(=O)CCn1cnc2ccccc2c1=O)C1CCCC1. The highest BCUT2D eigenvalue weighted by Gasteiger charge is 2.28. The van der Waals surface area contributed by atoms with Crippen molar-refractivity contribution in [3.63, 3.8) is 0 Å². The lowest BCUT2D eigenvalue weighted by Crippen LogP contribution is -2.44. The first kappa shape index (κ1) is 16.7. The van der Waals surface area contributed by atoms with Gasteiger partial charge in [0.05, 0.1) is 17.2 Å². The molecule has 0 atom stereocenters. The molecule has 1 heterocycles. The van der Waals surface area contributed by atoms with Gasteiger partial charge in [0.1, 0.15) is 0 Å². The molecular formula is C19H25N3O2. The molecule has 1 saturated carbocycles. The molecule has 0 aliphatic heterocycles. The number of carbonyl (C=O) groups is 1. The van der Waals surface area contributed by atoms with E-state index in [0.29, 0.717) is 29.9 Å². The maximum atomic E-state index is 12.7. The Kier molecular flexibility index (Phi) is 4.97. The molecular weight excluding hydrogens is 302 g/mol. The van der Waals surface area contributed by atoms with Crippen LogP contribution in [0.25, 0.3) is 10.9 Å². The summed E-state index contributed by atoms with van der Waals surface area (Å²) in [5.41, 5.74) is 0.616. The van der Waals surface area contributed by atoms with E-state index in [1.165, 1.54) is 12.8 Å². The number of hydrogen-bond acceptors (Lipinski definition) is 3. The Morgan fingerprint density at radius 1 is 1.29 bits per heavy atom. The summed E-state index contributed by atoms with van der Waals surface area (Å²) < 4.78 is 1.55. The van der Waals surface area contributed by atoms with Crippen LogP contribution >= 0.6 is 0 Å². The second kappa shape index (κ2) is 7.16. The van der Waals surface area contributed by atoms with Crippen molar-refractivity contribution >= 4 is 16.8 Å². The molecule has 0 bridgehead atoms. The Morgan fingerprint density at radius 3 is 2.71 bits per heavy atom. The Morgan fingerprint density at radius 2 is 2.00 bits per heavy atom. The molecule has 128 valence electrons. The first-order valence-electron chi connectivity index (χ1n) is 8.83. The van der Waals surface area contributed by atoms with Crippen LogP contribution in [-0.4, -0.2) is 32.4 Å². The van der Waals surface area contributed by atoms with Gasteiger partial charge in [-0.2, -0.15) is 0 Å². The van der Waals surface area contributed by atoms with Gasteiger partial charge in [-0.25, -0.2) is 4.98 Å². The van der Waals surface area contributed by atoms with Gasteiger partial charge in [-0.3, -0.25) is 14.2 Å². The molecule has 3 rings (SSSR count). The quantitative estimate of drug-likeness (QED) is 0.848. The summed E-state index contributed by atoms with van der Waals surface area (Å²) in [7, 11) is 0. The zero-order chi connectivity index (χ0) is 17.1. The summed E-state index contributed by atoms with van der Waals surface area (Å²) in [6, 6.07) is 7.87. The Balaban J connectivity index is 1.73. The van der Waals surface area contributed by atoms with Crippen molar-refractivity contribution in [3.05, 3.63) is 40.9 Å². The normalized spacial score (nSPS) is 15.3. The van der Waals surface area contributed by atoms with Gasteiger partial charge in [0.25, 0.3) is 5.56 Å². The topological polar surface area (TPSA) is 55.2 Å². The molecule has 1 amide bonds. The van der Waals surface area contributed by atoms with E-state index < -0.39 is 0 Å². The standard InChI is InChI=1S/C19H25N3O2/c1-14(2)22(15-7-3-4-8-15)18(23)11-12-21-13-20-17-10-6-5-9-16(17)19(21)24/h5-6,9-10,13-15H,3-4,7-8,11-12H2,1-2H3. The number of para-hydroxylation sites is 1. The fourth-order valence-electron chi connectivity index (χ4n) is 3.71. The molecule has 0 N–H and O–H groups in total. The zero-order valence-electron chi connectivity index (χ0n) is 14.4. The van der Waals surface area contributed by atoms with Crippen molar-refractivity contribution in [1.82, 2.24) is 14.5 Å². The monoisotopic (exact) mass is 327 g/mol. The third-order valence-corrected chi connectivity index (χ3v) is 4.86. The van der Waals surface area contributed by atoms with Gasteiger partial charge < -0.3 is 4.90 Å². The average molecular weight is 327 g/mol. The largest absolute Gasteiger partial charge is 0.337 e. The minimum atomic E-state index is -0.0784. The number of aryl methyl sites for hydroxylation is 1. The van der Waals surface area contributed by atoms with E-state index in [2.05, 4.69) is 18.8 Å². The minimum absolute atomic E-state index is 0.0784. The molecule has 2 aromatic rings. The number of amides is 1. The van der Waals surface area contributed by atoms with Gasteiger partial charge in [0, 0.05) is 25.0 Å². The summed E-state index contributed by atoms with van der Waals surface area (Å²) >= 11 is 0. The molecule has 0 spiro atoms. The van der Waals surface area contributed by atoms with E-state index in [9.17, 15) is 9.59 Å². The molecule has 0 radical (unpaired) electrons. The summed E-state index contributed by atoms with van der Waals surface area (Å²) in [5, 5.41) is 0.601. The van der Waals surface area contributed by atoms with Crippen molar-refractivity contribution in [2.75, 3.05) is 0 Å². The molecule has 5 nitrogen and oxygen atoms in total. The van der Waals surface area contributed by atoms with Crippen LogP contribution in [0.1, 0.15) is 46.0 Å². The van der Waals surface area contributed by atoms with Gasteiger partial charge in [-0.15, -0.1) is 0 Å². The number of hydrogen-bond donors (Lipinski definition) is 0. The highest BCUT2D eigenvalue weighted by atomic mass is 16.2. The zero-order valence-corrected chi connectivity index (χ0v) is 14.4. The summed E-state index contributed by atoms with van der Waals surface area (Å²) in [4.78, 5) is 31.5. The molecule has 5 heteroatoms. The van der Waals surface area contributed by atoms with E-state index in [0.717, 1.165) is 12.8 Å². The first-order valence-corrected chi connectivity index (χ1v) is 8.83. The minimum Gasteiger partial charge on any atom is -0.337 e. The predicted molar refractivity (Wildman–Crippen MR) is 94.9 cm³/mol. The van der Waals surface area contributed by atoms with Gasteiger partial charge in [0.15, 0.2) is 0 Å². The summed E-state index contributed by atoms with van der Waals surface area (Å²) in [5.74, 6) is 0.136. The Labute approximate surface area is 142 Å². The fourth-order valence-corrected chi connectivity index (χ4v) is 3.71. The van der Waals surface area contributed by atoms with Crippen molar-refractivity contribution in [1.29, 1.82) is 0 Å². The van der Waals surface area contributed by atoms with Crippen LogP contribution in [0.4, 0.5) is 0 Å². The molecule has 24 heavy (non-hydrogen) atoms. The molecule has 0 unspecified atom stereocenters. The summed E-state index contributed by atoms with van der Waals surface area (Å²) in [6.07, 6.45) is 6.50. The fraction of sp³-hybridized carbons (Fsp3) is 0.526. The first-order chi connectivity index (χ1) is 11.6. The van der Waals surface area contributed by atoms with Crippen LogP contribution in [-0.2, 0) is 11.3 Å².